The van der Waals surface area contributed by atoms with Gasteiger partial charge in [-0.15, -0.1) is 12.4 Å². The molecule has 0 aromatic heterocycles. The van der Waals surface area contributed by atoms with Gasteiger partial charge in [-0.05, 0) is 68.5 Å². The predicted molar refractivity (Wildman–Crippen MR) is 97.0 cm³/mol. The number of benzene rings is 1. The summed E-state index contributed by atoms with van der Waals surface area (Å²) in [5.74, 6) is 1.96. The summed E-state index contributed by atoms with van der Waals surface area (Å²) in [6.07, 6.45) is 3.49. The highest BCUT2D eigenvalue weighted by molar-refractivity contribution is 6.01. The largest absolute Gasteiger partial charge is 0.490 e. The average molecular weight is 366 g/mol. The normalized spacial score (nSPS) is 31.0. The van der Waals surface area contributed by atoms with E-state index in [0.717, 1.165) is 49.2 Å². The highest BCUT2D eigenvalue weighted by Crippen LogP contribution is 2.36. The number of ether oxygens (including phenoxy) is 1. The Labute approximate surface area is 153 Å². The minimum Gasteiger partial charge on any atom is -0.490 e. The van der Waals surface area contributed by atoms with E-state index < -0.39 is 0 Å². The number of piperidine rings is 1. The lowest BCUT2D eigenvalue weighted by atomic mass is 10.0. The highest BCUT2D eigenvalue weighted by atomic mass is 35.5. The van der Waals surface area contributed by atoms with E-state index in [0.29, 0.717) is 18.9 Å². The van der Waals surface area contributed by atoms with E-state index in [1.165, 1.54) is 0 Å². The van der Waals surface area contributed by atoms with Gasteiger partial charge < -0.3 is 15.4 Å². The van der Waals surface area contributed by atoms with Crippen molar-refractivity contribution in [1.82, 2.24) is 10.6 Å². The van der Waals surface area contributed by atoms with Crippen LogP contribution in [0.3, 0.4) is 0 Å². The molecule has 2 aliphatic heterocycles. The molecule has 6 nitrogen and oxygen atoms in total. The van der Waals surface area contributed by atoms with E-state index in [2.05, 4.69) is 16.0 Å². The Bertz CT molecular complexity index is 625. The molecule has 1 aromatic carbocycles. The van der Waals surface area contributed by atoms with Crippen molar-refractivity contribution in [3.8, 4) is 5.75 Å². The first-order valence-electron chi connectivity index (χ1n) is 8.75. The maximum Gasteiger partial charge on any atom is 0.249 e. The molecule has 3 fully saturated rings. The van der Waals surface area contributed by atoms with E-state index in [1.807, 2.05) is 24.3 Å². The number of nitrogens with one attached hydrogen (secondary N) is 3. The van der Waals surface area contributed by atoms with Crippen LogP contribution in [0.15, 0.2) is 24.3 Å². The molecule has 0 spiro atoms. The first kappa shape index (κ1) is 18.0. The molecule has 1 aliphatic carbocycles. The maximum absolute atomic E-state index is 11.8. The van der Waals surface area contributed by atoms with E-state index >= 15 is 0 Å². The van der Waals surface area contributed by atoms with Crippen molar-refractivity contribution >= 4 is 29.9 Å². The number of halogens is 1. The van der Waals surface area contributed by atoms with Crippen molar-refractivity contribution in [2.24, 2.45) is 11.8 Å². The number of amides is 2. The Morgan fingerprint density at radius 2 is 1.72 bits per heavy atom. The van der Waals surface area contributed by atoms with Gasteiger partial charge in [0.25, 0.3) is 0 Å². The van der Waals surface area contributed by atoms with E-state index in [1.54, 1.807) is 0 Å². The molecule has 7 heteroatoms. The fourth-order valence-electron chi connectivity index (χ4n) is 4.06. The number of hydrogen-bond acceptors (Lipinski definition) is 5. The van der Waals surface area contributed by atoms with Crippen LogP contribution in [0.4, 0.5) is 5.69 Å². The number of carbonyl (C=O) groups is 2. The number of carbonyl (C=O) groups excluding carboxylic acids is 2. The molecule has 0 radical (unpaired) electrons. The van der Waals surface area contributed by atoms with Crippen molar-refractivity contribution in [2.75, 3.05) is 18.4 Å². The van der Waals surface area contributed by atoms with Crippen LogP contribution in [0, 0.1) is 11.8 Å². The first-order valence-corrected chi connectivity index (χ1v) is 8.75. The molecular formula is C18H24ClN3O3. The van der Waals surface area contributed by atoms with Crippen LogP contribution in [0.5, 0.6) is 5.75 Å². The molecule has 1 saturated carbocycles. The molecule has 4 rings (SSSR count). The van der Waals surface area contributed by atoms with Gasteiger partial charge in [0.1, 0.15) is 11.8 Å². The maximum atomic E-state index is 11.8. The third kappa shape index (κ3) is 4.07. The van der Waals surface area contributed by atoms with Crippen molar-refractivity contribution in [1.29, 1.82) is 0 Å². The number of imide groups is 1. The summed E-state index contributed by atoms with van der Waals surface area (Å²) in [6, 6.07) is 7.39. The lowest BCUT2D eigenvalue weighted by Gasteiger charge is -2.23. The molecule has 3 N–H and O–H groups in total. The molecule has 3 aliphatic rings. The molecule has 25 heavy (non-hydrogen) atoms. The van der Waals surface area contributed by atoms with E-state index in [4.69, 9.17) is 4.74 Å². The SMILES string of the molecule is Cl.O=C1CCC(Nc2ccc(O[C@H]3C[C@H]4CNC[C@H]4C3)cc2)C(=O)N1. The molecule has 1 aromatic rings. The van der Waals surface area contributed by atoms with Gasteiger partial charge in [0.05, 0.1) is 6.10 Å². The van der Waals surface area contributed by atoms with Gasteiger partial charge in [-0.25, -0.2) is 0 Å². The Morgan fingerprint density at radius 1 is 1.04 bits per heavy atom. The summed E-state index contributed by atoms with van der Waals surface area (Å²) < 4.78 is 6.11. The zero-order valence-corrected chi connectivity index (χ0v) is 14.8. The molecule has 2 saturated heterocycles. The number of rotatable bonds is 4. The monoisotopic (exact) mass is 365 g/mol. The zero-order chi connectivity index (χ0) is 16.5. The van der Waals surface area contributed by atoms with Gasteiger partial charge in [0, 0.05) is 12.1 Å². The van der Waals surface area contributed by atoms with Gasteiger partial charge in [-0.3, -0.25) is 14.9 Å². The molecule has 1 unspecified atom stereocenters. The van der Waals surface area contributed by atoms with E-state index in [-0.39, 0.29) is 30.3 Å². The second kappa shape index (κ2) is 7.62. The van der Waals surface area contributed by atoms with Crippen LogP contribution in [-0.2, 0) is 9.59 Å². The summed E-state index contributed by atoms with van der Waals surface area (Å²) in [5.41, 5.74) is 0.865. The Hall–Kier alpha value is -1.79. The Kier molecular flexibility index (Phi) is 5.49. The van der Waals surface area contributed by atoms with Crippen LogP contribution in [0.25, 0.3) is 0 Å². The molecular weight excluding hydrogens is 342 g/mol. The quantitative estimate of drug-likeness (QED) is 0.708. The molecule has 0 bridgehead atoms. The Morgan fingerprint density at radius 3 is 2.36 bits per heavy atom. The topological polar surface area (TPSA) is 79.5 Å². The molecule has 4 atom stereocenters. The number of anilines is 1. The second-order valence-corrected chi connectivity index (χ2v) is 7.06. The first-order chi connectivity index (χ1) is 11.7. The fourth-order valence-corrected chi connectivity index (χ4v) is 4.06. The number of hydrogen-bond donors (Lipinski definition) is 3. The standard InChI is InChI=1S/C18H23N3O3.ClH/c22-17-6-5-16(18(23)21-17)20-13-1-3-14(4-2-13)24-15-7-11-9-19-10-12(11)8-15;/h1-4,11-12,15-16,19-20H,5-10H2,(H,21,22,23);1H/t11-,12+,15-,16?;. The summed E-state index contributed by atoms with van der Waals surface area (Å²) in [5, 5.41) is 8.98. The summed E-state index contributed by atoms with van der Waals surface area (Å²) >= 11 is 0. The lowest BCUT2D eigenvalue weighted by molar-refractivity contribution is -0.133. The number of fused-ring (bicyclic) bond motifs is 1. The Balaban J connectivity index is 0.00000182. The van der Waals surface area contributed by atoms with Gasteiger partial charge in [-0.1, -0.05) is 0 Å². The predicted octanol–water partition coefficient (Wildman–Crippen LogP) is 1.70. The lowest BCUT2D eigenvalue weighted by Crippen LogP contribution is -2.47. The summed E-state index contributed by atoms with van der Waals surface area (Å²) in [4.78, 5) is 23.0. The van der Waals surface area contributed by atoms with Crippen molar-refractivity contribution in [3.63, 3.8) is 0 Å². The van der Waals surface area contributed by atoms with Crippen LogP contribution in [-0.4, -0.2) is 37.0 Å². The van der Waals surface area contributed by atoms with Gasteiger partial charge >= 0.3 is 0 Å². The third-order valence-corrected chi connectivity index (χ3v) is 5.35. The second-order valence-electron chi connectivity index (χ2n) is 7.06. The molecule has 2 heterocycles. The van der Waals surface area contributed by atoms with Gasteiger partial charge in [0.2, 0.25) is 11.8 Å². The van der Waals surface area contributed by atoms with Crippen LogP contribution >= 0.6 is 12.4 Å². The summed E-state index contributed by atoms with van der Waals surface area (Å²) in [7, 11) is 0. The van der Waals surface area contributed by atoms with Crippen molar-refractivity contribution in [2.45, 2.75) is 37.8 Å². The third-order valence-electron chi connectivity index (χ3n) is 5.35. The smallest absolute Gasteiger partial charge is 0.249 e. The van der Waals surface area contributed by atoms with E-state index in [9.17, 15) is 9.59 Å². The zero-order valence-electron chi connectivity index (χ0n) is 14.0. The molecule has 2 amide bonds. The summed E-state index contributed by atoms with van der Waals surface area (Å²) in [6.45, 7) is 2.25. The van der Waals surface area contributed by atoms with Crippen molar-refractivity contribution < 1.29 is 14.3 Å². The van der Waals surface area contributed by atoms with Crippen LogP contribution < -0.4 is 20.7 Å². The van der Waals surface area contributed by atoms with Gasteiger partial charge in [0.15, 0.2) is 0 Å². The van der Waals surface area contributed by atoms with Crippen LogP contribution in [0.1, 0.15) is 25.7 Å². The fraction of sp³-hybridized carbons (Fsp3) is 0.556. The highest BCUT2D eigenvalue weighted by Gasteiger charge is 2.38. The van der Waals surface area contributed by atoms with Crippen LogP contribution in [0.2, 0.25) is 0 Å². The van der Waals surface area contributed by atoms with Gasteiger partial charge in [-0.2, -0.15) is 0 Å². The minimum atomic E-state index is -0.351. The average Bonchev–Trinajstić information content (AvgIpc) is 3.13. The minimum absolute atomic E-state index is 0. The van der Waals surface area contributed by atoms with Crippen molar-refractivity contribution in [3.05, 3.63) is 24.3 Å². The molecule has 136 valence electrons.